The first-order valence-electron chi connectivity index (χ1n) is 8.59. The molecule has 4 rings (SSSR count). The number of hydrogen-bond acceptors (Lipinski definition) is 2. The number of hydrogen-bond donors (Lipinski definition) is 2. The molecule has 0 spiro atoms. The van der Waals surface area contributed by atoms with Crippen molar-refractivity contribution in [1.82, 2.24) is 20.1 Å². The molecule has 1 aliphatic rings. The molecule has 5 heteroatoms. The van der Waals surface area contributed by atoms with Gasteiger partial charge >= 0.3 is 0 Å². The molecule has 24 heavy (non-hydrogen) atoms. The predicted octanol–water partition coefficient (Wildman–Crippen LogP) is 3.50. The maximum absolute atomic E-state index is 12.8. The lowest BCUT2D eigenvalue weighted by atomic mass is 9.98. The Morgan fingerprint density at radius 1 is 1.29 bits per heavy atom. The summed E-state index contributed by atoms with van der Waals surface area (Å²) in [5.41, 5.74) is 4.08. The van der Waals surface area contributed by atoms with Gasteiger partial charge in [-0.15, -0.1) is 0 Å². The second-order valence-corrected chi connectivity index (χ2v) is 6.63. The Morgan fingerprint density at radius 3 is 2.96 bits per heavy atom. The highest BCUT2D eigenvalue weighted by atomic mass is 16.2. The Kier molecular flexibility index (Phi) is 3.84. The summed E-state index contributed by atoms with van der Waals surface area (Å²) in [4.78, 5) is 18.4. The van der Waals surface area contributed by atoms with Crippen LogP contribution in [0.2, 0.25) is 0 Å². The van der Waals surface area contributed by atoms with E-state index in [0.717, 1.165) is 48.4 Å². The zero-order valence-corrected chi connectivity index (χ0v) is 13.9. The molecule has 0 unspecified atom stereocenters. The second-order valence-electron chi connectivity index (χ2n) is 6.63. The zero-order valence-electron chi connectivity index (χ0n) is 13.9. The number of amides is 1. The van der Waals surface area contributed by atoms with Crippen molar-refractivity contribution in [3.05, 3.63) is 53.5 Å². The number of aryl methyl sites for hydroxylation is 1. The van der Waals surface area contributed by atoms with E-state index < -0.39 is 0 Å². The highest BCUT2D eigenvalue weighted by Crippen LogP contribution is 2.32. The van der Waals surface area contributed by atoms with Gasteiger partial charge in [0, 0.05) is 23.4 Å². The molecule has 1 fully saturated rings. The average Bonchev–Trinajstić information content (AvgIpc) is 3.20. The SMILES string of the molecule is Cc1cc(CC(=O)N2CCCC[C@H]2c2cc3ccccc3[nH]2)n[nH]1. The topological polar surface area (TPSA) is 64.8 Å². The van der Waals surface area contributed by atoms with Crippen molar-refractivity contribution >= 4 is 16.8 Å². The summed E-state index contributed by atoms with van der Waals surface area (Å²) in [6.45, 7) is 2.78. The molecule has 1 aliphatic heterocycles. The van der Waals surface area contributed by atoms with E-state index in [-0.39, 0.29) is 11.9 Å². The summed E-state index contributed by atoms with van der Waals surface area (Å²) in [7, 11) is 0. The van der Waals surface area contributed by atoms with Crippen molar-refractivity contribution in [3.63, 3.8) is 0 Å². The number of piperidine rings is 1. The van der Waals surface area contributed by atoms with Crippen LogP contribution in [0.5, 0.6) is 0 Å². The number of aromatic nitrogens is 3. The number of benzene rings is 1. The maximum atomic E-state index is 12.8. The van der Waals surface area contributed by atoms with Gasteiger partial charge in [-0.25, -0.2) is 0 Å². The molecule has 1 atom stereocenters. The van der Waals surface area contributed by atoms with E-state index in [1.165, 1.54) is 5.39 Å². The summed E-state index contributed by atoms with van der Waals surface area (Å²) in [5, 5.41) is 8.32. The van der Waals surface area contributed by atoms with Crippen molar-refractivity contribution in [2.45, 2.75) is 38.6 Å². The van der Waals surface area contributed by atoms with Gasteiger partial charge in [0.15, 0.2) is 0 Å². The van der Waals surface area contributed by atoms with Crippen LogP contribution in [0.25, 0.3) is 10.9 Å². The predicted molar refractivity (Wildman–Crippen MR) is 93.6 cm³/mol. The Labute approximate surface area is 141 Å². The van der Waals surface area contributed by atoms with Gasteiger partial charge < -0.3 is 9.88 Å². The third kappa shape index (κ3) is 2.82. The van der Waals surface area contributed by atoms with E-state index in [0.29, 0.717) is 6.42 Å². The summed E-state index contributed by atoms with van der Waals surface area (Å²) >= 11 is 0. The Bertz CT molecular complexity index is 830. The summed E-state index contributed by atoms with van der Waals surface area (Å²) < 4.78 is 0. The fraction of sp³-hybridized carbons (Fsp3) is 0.368. The van der Waals surface area contributed by atoms with Gasteiger partial charge in [-0.1, -0.05) is 18.2 Å². The maximum Gasteiger partial charge on any atom is 0.229 e. The molecule has 124 valence electrons. The van der Waals surface area contributed by atoms with E-state index in [1.54, 1.807) is 0 Å². The van der Waals surface area contributed by atoms with Crippen LogP contribution in [0.1, 0.15) is 42.4 Å². The van der Waals surface area contributed by atoms with Crippen molar-refractivity contribution in [2.75, 3.05) is 6.54 Å². The highest BCUT2D eigenvalue weighted by molar-refractivity contribution is 5.82. The van der Waals surface area contributed by atoms with Gasteiger partial charge in [0.25, 0.3) is 0 Å². The largest absolute Gasteiger partial charge is 0.357 e. The number of likely N-dealkylation sites (tertiary alicyclic amines) is 1. The van der Waals surface area contributed by atoms with Crippen molar-refractivity contribution < 1.29 is 4.79 Å². The van der Waals surface area contributed by atoms with E-state index in [4.69, 9.17) is 0 Å². The molecule has 1 aromatic carbocycles. The van der Waals surface area contributed by atoms with Crippen molar-refractivity contribution in [2.24, 2.45) is 0 Å². The Morgan fingerprint density at radius 2 is 2.17 bits per heavy atom. The number of aromatic amines is 2. The van der Waals surface area contributed by atoms with E-state index >= 15 is 0 Å². The minimum absolute atomic E-state index is 0.138. The molecule has 3 heterocycles. The standard InChI is InChI=1S/C19H22N4O/c1-13-10-15(22-21-13)12-19(24)23-9-5-4-8-18(23)17-11-14-6-2-3-7-16(14)20-17/h2-3,6-7,10-11,18,20H,4-5,8-9,12H2,1H3,(H,21,22)/t18-/m0/s1. The van der Waals surface area contributed by atoms with Crippen LogP contribution in [0.15, 0.2) is 36.4 Å². The molecular weight excluding hydrogens is 300 g/mol. The number of para-hydroxylation sites is 1. The number of nitrogens with one attached hydrogen (secondary N) is 2. The summed E-state index contributed by atoms with van der Waals surface area (Å²) in [6, 6.07) is 12.5. The first-order chi connectivity index (χ1) is 11.7. The molecule has 2 aromatic heterocycles. The van der Waals surface area contributed by atoms with E-state index in [9.17, 15) is 4.79 Å². The third-order valence-corrected chi connectivity index (χ3v) is 4.82. The minimum Gasteiger partial charge on any atom is -0.357 e. The van der Waals surface area contributed by atoms with Gasteiger partial charge in [-0.05, 0) is 49.8 Å². The first kappa shape index (κ1) is 15.0. The zero-order chi connectivity index (χ0) is 16.5. The molecule has 0 radical (unpaired) electrons. The van der Waals surface area contributed by atoms with Crippen LogP contribution in [0.3, 0.4) is 0 Å². The number of carbonyl (C=O) groups is 1. The monoisotopic (exact) mass is 322 g/mol. The lowest BCUT2D eigenvalue weighted by Crippen LogP contribution is -2.39. The third-order valence-electron chi connectivity index (χ3n) is 4.82. The van der Waals surface area contributed by atoms with Gasteiger partial charge in [0.2, 0.25) is 5.91 Å². The van der Waals surface area contributed by atoms with Crippen LogP contribution in [-0.4, -0.2) is 32.5 Å². The van der Waals surface area contributed by atoms with Gasteiger partial charge in [-0.3, -0.25) is 9.89 Å². The van der Waals surface area contributed by atoms with Crippen LogP contribution in [0, 0.1) is 6.92 Å². The minimum atomic E-state index is 0.138. The summed E-state index contributed by atoms with van der Waals surface area (Å²) in [5.74, 6) is 0.157. The van der Waals surface area contributed by atoms with E-state index in [1.807, 2.05) is 30.0 Å². The fourth-order valence-electron chi connectivity index (χ4n) is 3.65. The van der Waals surface area contributed by atoms with Gasteiger partial charge in [-0.2, -0.15) is 5.10 Å². The molecule has 5 nitrogen and oxygen atoms in total. The molecule has 0 saturated carbocycles. The lowest BCUT2D eigenvalue weighted by Gasteiger charge is -2.35. The van der Waals surface area contributed by atoms with Gasteiger partial charge in [0.1, 0.15) is 0 Å². The number of carbonyl (C=O) groups excluding carboxylic acids is 1. The second kappa shape index (κ2) is 6.15. The number of nitrogens with zero attached hydrogens (tertiary/aromatic N) is 2. The van der Waals surface area contributed by atoms with Crippen molar-refractivity contribution in [1.29, 1.82) is 0 Å². The normalized spacial score (nSPS) is 18.2. The molecule has 2 N–H and O–H groups in total. The van der Waals surface area contributed by atoms with Crippen LogP contribution >= 0.6 is 0 Å². The molecule has 1 saturated heterocycles. The Balaban J connectivity index is 1.59. The van der Waals surface area contributed by atoms with Crippen LogP contribution in [0.4, 0.5) is 0 Å². The molecular formula is C19H22N4O. The van der Waals surface area contributed by atoms with Crippen LogP contribution in [-0.2, 0) is 11.2 Å². The first-order valence-corrected chi connectivity index (χ1v) is 8.59. The van der Waals surface area contributed by atoms with E-state index in [2.05, 4.69) is 33.4 Å². The molecule has 0 bridgehead atoms. The molecule has 0 aliphatic carbocycles. The Hall–Kier alpha value is -2.56. The fourth-order valence-corrected chi connectivity index (χ4v) is 3.65. The van der Waals surface area contributed by atoms with Gasteiger partial charge in [0.05, 0.1) is 18.2 Å². The highest BCUT2D eigenvalue weighted by Gasteiger charge is 2.29. The van der Waals surface area contributed by atoms with Crippen LogP contribution < -0.4 is 0 Å². The molecule has 3 aromatic rings. The van der Waals surface area contributed by atoms with Crippen molar-refractivity contribution in [3.8, 4) is 0 Å². The number of rotatable bonds is 3. The summed E-state index contributed by atoms with van der Waals surface area (Å²) in [6.07, 6.45) is 3.60. The lowest BCUT2D eigenvalue weighted by molar-refractivity contribution is -0.134. The number of fused-ring (bicyclic) bond motifs is 1. The number of H-pyrrole nitrogens is 2. The quantitative estimate of drug-likeness (QED) is 0.775. The smallest absolute Gasteiger partial charge is 0.229 e. The average molecular weight is 322 g/mol. The molecule has 1 amide bonds.